The van der Waals surface area contributed by atoms with E-state index in [1.54, 1.807) is 42.5 Å². The number of rotatable bonds is 4. The lowest BCUT2D eigenvalue weighted by atomic mass is 10.2. The number of hydrogen-bond donors (Lipinski definition) is 3. The van der Waals surface area contributed by atoms with Crippen LogP contribution in [0.4, 0.5) is 5.69 Å². The van der Waals surface area contributed by atoms with Crippen LogP contribution in [0.15, 0.2) is 48.5 Å². The van der Waals surface area contributed by atoms with Gasteiger partial charge in [0.15, 0.2) is 5.11 Å². The molecule has 2 aromatic rings. The maximum atomic E-state index is 12.1. The number of ether oxygens (including phenoxy) is 1. The molecule has 3 N–H and O–H groups in total. The Morgan fingerprint density at radius 3 is 2.35 bits per heavy atom. The van der Waals surface area contributed by atoms with E-state index in [1.165, 1.54) is 13.2 Å². The number of nitrogens with one attached hydrogen (secondary N) is 2. The molecular weight excluding hydrogens is 316 g/mol. The summed E-state index contributed by atoms with van der Waals surface area (Å²) in [7, 11) is 1.54. The molecule has 7 heteroatoms. The van der Waals surface area contributed by atoms with Gasteiger partial charge in [0.1, 0.15) is 5.75 Å². The second kappa shape index (κ2) is 7.37. The number of para-hydroxylation sites is 1. The zero-order valence-electron chi connectivity index (χ0n) is 12.2. The highest BCUT2D eigenvalue weighted by Gasteiger charge is 2.12. The van der Waals surface area contributed by atoms with Gasteiger partial charge in [-0.2, -0.15) is 0 Å². The standard InChI is InChI=1S/C16H14N2O4S/c1-22-11-8-6-10(7-9-11)14(19)18-16(23)17-13-5-3-2-4-12(13)15(20)21/h2-9H,1H3,(H,20,21)(H2,17,18,19,23). The molecule has 0 heterocycles. The van der Waals surface area contributed by atoms with Gasteiger partial charge in [0.2, 0.25) is 0 Å². The summed E-state index contributed by atoms with van der Waals surface area (Å²) < 4.78 is 5.02. The molecule has 23 heavy (non-hydrogen) atoms. The van der Waals surface area contributed by atoms with E-state index in [0.29, 0.717) is 17.0 Å². The molecule has 0 spiro atoms. The minimum absolute atomic E-state index is 0.0134. The monoisotopic (exact) mass is 330 g/mol. The van der Waals surface area contributed by atoms with E-state index < -0.39 is 11.9 Å². The molecule has 0 aromatic heterocycles. The molecule has 0 saturated carbocycles. The van der Waals surface area contributed by atoms with Crippen molar-refractivity contribution in [2.75, 3.05) is 12.4 Å². The number of carbonyl (C=O) groups excluding carboxylic acids is 1. The summed E-state index contributed by atoms with van der Waals surface area (Å²) in [5, 5.41) is 14.3. The molecule has 2 aromatic carbocycles. The smallest absolute Gasteiger partial charge is 0.337 e. The first-order chi connectivity index (χ1) is 11.0. The topological polar surface area (TPSA) is 87.7 Å². The van der Waals surface area contributed by atoms with Gasteiger partial charge in [0.25, 0.3) is 5.91 Å². The largest absolute Gasteiger partial charge is 0.497 e. The number of carboxylic acids is 1. The van der Waals surface area contributed by atoms with Gasteiger partial charge in [0, 0.05) is 5.56 Å². The van der Waals surface area contributed by atoms with E-state index in [2.05, 4.69) is 10.6 Å². The van der Waals surface area contributed by atoms with E-state index in [-0.39, 0.29) is 10.7 Å². The lowest BCUT2D eigenvalue weighted by Gasteiger charge is -2.11. The van der Waals surface area contributed by atoms with Crippen molar-refractivity contribution in [3.8, 4) is 5.75 Å². The van der Waals surface area contributed by atoms with Crippen LogP contribution in [0.3, 0.4) is 0 Å². The maximum absolute atomic E-state index is 12.1. The summed E-state index contributed by atoms with van der Waals surface area (Å²) >= 11 is 5.05. The van der Waals surface area contributed by atoms with Crippen LogP contribution in [0.25, 0.3) is 0 Å². The first kappa shape index (κ1) is 16.4. The van der Waals surface area contributed by atoms with Gasteiger partial charge in [-0.25, -0.2) is 4.79 Å². The van der Waals surface area contributed by atoms with Crippen molar-refractivity contribution in [1.29, 1.82) is 0 Å². The molecule has 0 unspecified atom stereocenters. The maximum Gasteiger partial charge on any atom is 0.337 e. The summed E-state index contributed by atoms with van der Waals surface area (Å²) in [5.74, 6) is -0.854. The SMILES string of the molecule is COc1ccc(C(=O)NC(=S)Nc2ccccc2C(=O)O)cc1. The number of benzene rings is 2. The molecule has 0 aliphatic heterocycles. The van der Waals surface area contributed by atoms with Gasteiger partial charge in [-0.1, -0.05) is 12.1 Å². The Hall–Kier alpha value is -2.93. The van der Waals surface area contributed by atoms with Crippen LogP contribution in [-0.2, 0) is 0 Å². The lowest BCUT2D eigenvalue weighted by Crippen LogP contribution is -2.34. The number of carboxylic acid groups (broad SMARTS) is 1. The number of aromatic carboxylic acids is 1. The second-order valence-corrected chi connectivity index (χ2v) is 4.90. The Morgan fingerprint density at radius 2 is 1.74 bits per heavy atom. The summed E-state index contributed by atoms with van der Waals surface area (Å²) in [6.45, 7) is 0. The second-order valence-electron chi connectivity index (χ2n) is 4.49. The predicted molar refractivity (Wildman–Crippen MR) is 90.1 cm³/mol. The molecule has 0 aliphatic rings. The molecule has 118 valence electrons. The van der Waals surface area contributed by atoms with Crippen LogP contribution in [0.2, 0.25) is 0 Å². The van der Waals surface area contributed by atoms with Gasteiger partial charge < -0.3 is 15.2 Å². The average Bonchev–Trinajstić information content (AvgIpc) is 2.55. The predicted octanol–water partition coefficient (Wildman–Crippen LogP) is 2.52. The summed E-state index contributed by atoms with van der Waals surface area (Å²) in [6, 6.07) is 12.8. The molecule has 0 aliphatic carbocycles. The van der Waals surface area contributed by atoms with Crippen molar-refractivity contribution in [2.45, 2.75) is 0 Å². The van der Waals surface area contributed by atoms with Crippen molar-refractivity contribution < 1.29 is 19.4 Å². The van der Waals surface area contributed by atoms with E-state index in [4.69, 9.17) is 22.1 Å². The highest BCUT2D eigenvalue weighted by atomic mass is 32.1. The summed E-state index contributed by atoms with van der Waals surface area (Å²) in [4.78, 5) is 23.2. The van der Waals surface area contributed by atoms with E-state index in [9.17, 15) is 9.59 Å². The van der Waals surface area contributed by atoms with Crippen molar-refractivity contribution in [2.24, 2.45) is 0 Å². The van der Waals surface area contributed by atoms with Gasteiger partial charge in [-0.3, -0.25) is 10.1 Å². The molecule has 0 saturated heterocycles. The Balaban J connectivity index is 2.04. The molecular formula is C16H14N2O4S. The van der Waals surface area contributed by atoms with Crippen LogP contribution in [0.5, 0.6) is 5.75 Å². The number of amides is 1. The molecule has 0 fully saturated rings. The van der Waals surface area contributed by atoms with Crippen LogP contribution < -0.4 is 15.4 Å². The summed E-state index contributed by atoms with van der Waals surface area (Å²) in [6.07, 6.45) is 0. The number of methoxy groups -OCH3 is 1. The van der Waals surface area contributed by atoms with Crippen molar-refractivity contribution in [3.05, 3.63) is 59.7 Å². The average molecular weight is 330 g/mol. The molecule has 2 rings (SSSR count). The highest BCUT2D eigenvalue weighted by molar-refractivity contribution is 7.80. The van der Waals surface area contributed by atoms with Gasteiger partial charge in [-0.05, 0) is 48.6 Å². The molecule has 6 nitrogen and oxygen atoms in total. The Kier molecular flexibility index (Phi) is 5.27. The van der Waals surface area contributed by atoms with Crippen LogP contribution >= 0.6 is 12.2 Å². The van der Waals surface area contributed by atoms with Gasteiger partial charge in [0.05, 0.1) is 18.4 Å². The van der Waals surface area contributed by atoms with E-state index in [0.717, 1.165) is 0 Å². The fourth-order valence-electron chi connectivity index (χ4n) is 1.85. The number of carbonyl (C=O) groups is 2. The number of anilines is 1. The van der Waals surface area contributed by atoms with Crippen LogP contribution in [0, 0.1) is 0 Å². The number of hydrogen-bond acceptors (Lipinski definition) is 4. The van der Waals surface area contributed by atoms with Gasteiger partial charge in [-0.15, -0.1) is 0 Å². The van der Waals surface area contributed by atoms with Crippen molar-refractivity contribution in [1.82, 2.24) is 5.32 Å². The zero-order chi connectivity index (χ0) is 16.8. The normalized spacial score (nSPS) is 9.78. The third kappa shape index (κ3) is 4.27. The third-order valence-corrected chi connectivity index (χ3v) is 3.19. The molecule has 0 atom stereocenters. The van der Waals surface area contributed by atoms with Gasteiger partial charge >= 0.3 is 5.97 Å². The lowest BCUT2D eigenvalue weighted by molar-refractivity contribution is 0.0698. The van der Waals surface area contributed by atoms with Crippen molar-refractivity contribution >= 4 is 34.9 Å². The number of thiocarbonyl (C=S) groups is 1. The van der Waals surface area contributed by atoms with Crippen LogP contribution in [-0.4, -0.2) is 29.2 Å². The minimum Gasteiger partial charge on any atom is -0.497 e. The first-order valence-electron chi connectivity index (χ1n) is 6.60. The van der Waals surface area contributed by atoms with Crippen LogP contribution in [0.1, 0.15) is 20.7 Å². The van der Waals surface area contributed by atoms with E-state index >= 15 is 0 Å². The van der Waals surface area contributed by atoms with Crippen molar-refractivity contribution in [3.63, 3.8) is 0 Å². The molecule has 0 bridgehead atoms. The Labute approximate surface area is 138 Å². The zero-order valence-corrected chi connectivity index (χ0v) is 13.0. The Bertz CT molecular complexity index is 744. The molecule has 1 amide bonds. The summed E-state index contributed by atoms with van der Waals surface area (Å²) in [5.41, 5.74) is 0.773. The first-order valence-corrected chi connectivity index (χ1v) is 7.01. The third-order valence-electron chi connectivity index (χ3n) is 2.98. The molecule has 0 radical (unpaired) electrons. The quantitative estimate of drug-likeness (QED) is 0.747. The minimum atomic E-state index is -1.09. The fraction of sp³-hybridized carbons (Fsp3) is 0.0625. The highest BCUT2D eigenvalue weighted by Crippen LogP contribution is 2.15. The Morgan fingerprint density at radius 1 is 1.09 bits per heavy atom. The van der Waals surface area contributed by atoms with E-state index in [1.807, 2.05) is 0 Å². The fourth-order valence-corrected chi connectivity index (χ4v) is 2.05.